The molecule has 2 aliphatic carbocycles. The second-order valence-electron chi connectivity index (χ2n) is 11.3. The molecular formula is C38H28O4. The van der Waals surface area contributed by atoms with Crippen molar-refractivity contribution in [3.05, 3.63) is 131 Å². The van der Waals surface area contributed by atoms with Gasteiger partial charge in [0.25, 0.3) is 0 Å². The van der Waals surface area contributed by atoms with Crippen LogP contribution in [0.25, 0.3) is 54.9 Å². The van der Waals surface area contributed by atoms with E-state index < -0.39 is 11.6 Å². The topological polar surface area (TPSA) is 36.9 Å². The van der Waals surface area contributed by atoms with Crippen LogP contribution < -0.4 is 0 Å². The summed E-state index contributed by atoms with van der Waals surface area (Å²) in [6, 6.07) is 39.0. The van der Waals surface area contributed by atoms with E-state index in [0.717, 1.165) is 55.3 Å². The number of fused-ring (bicyclic) bond motifs is 6. The summed E-state index contributed by atoms with van der Waals surface area (Å²) in [7, 11) is 3.45. The first-order chi connectivity index (χ1) is 20.7. The van der Waals surface area contributed by atoms with Gasteiger partial charge in [-0.2, -0.15) is 0 Å². The van der Waals surface area contributed by atoms with Gasteiger partial charge in [-0.25, -0.2) is 0 Å². The summed E-state index contributed by atoms with van der Waals surface area (Å²) >= 11 is 0. The predicted octanol–water partition coefficient (Wildman–Crippen LogP) is 8.36. The molecule has 0 radical (unpaired) electrons. The first-order valence-corrected chi connectivity index (χ1v) is 14.4. The second-order valence-corrected chi connectivity index (χ2v) is 11.3. The molecule has 0 amide bonds. The summed E-state index contributed by atoms with van der Waals surface area (Å²) in [4.78, 5) is 0. The summed E-state index contributed by atoms with van der Waals surface area (Å²) in [6.07, 6.45) is 0. The standard InChI is InChI=1S/C38H28O4/c1-39-37(40-2)31-14-4-3-11-27(31)29-13-6-10-25-20-26(22-34(37)36(25)29)24-16-17-28-30-12-5-8-23-9-7-15-32(35(23)30)38(33(28)21-24)41-18-19-42-38/h3-17,20-22H,18-19H2,1-2H3. The molecule has 0 N–H and O–H groups in total. The van der Waals surface area contributed by atoms with Gasteiger partial charge in [0.15, 0.2) is 0 Å². The normalized spacial score (nSPS) is 17.0. The molecule has 4 heteroatoms. The van der Waals surface area contributed by atoms with Crippen molar-refractivity contribution in [1.82, 2.24) is 0 Å². The third-order valence-corrected chi connectivity index (χ3v) is 9.43. The van der Waals surface area contributed by atoms with Crippen molar-refractivity contribution in [3.63, 3.8) is 0 Å². The number of hydrogen-bond acceptors (Lipinski definition) is 4. The first kappa shape index (κ1) is 24.3. The Morgan fingerprint density at radius 3 is 1.86 bits per heavy atom. The van der Waals surface area contributed by atoms with Gasteiger partial charge in [-0.3, -0.25) is 0 Å². The molecule has 1 spiro atoms. The molecule has 6 aromatic rings. The molecular weight excluding hydrogens is 520 g/mol. The Morgan fingerprint density at radius 1 is 0.500 bits per heavy atom. The first-order valence-electron chi connectivity index (χ1n) is 14.4. The van der Waals surface area contributed by atoms with Crippen LogP contribution in [0.1, 0.15) is 22.3 Å². The number of rotatable bonds is 3. The highest BCUT2D eigenvalue weighted by Crippen LogP contribution is 2.54. The zero-order chi connectivity index (χ0) is 28.1. The van der Waals surface area contributed by atoms with Gasteiger partial charge in [0.05, 0.1) is 13.2 Å². The third kappa shape index (κ3) is 2.95. The molecule has 0 unspecified atom stereocenters. The Kier molecular flexibility index (Phi) is 4.98. The zero-order valence-corrected chi connectivity index (χ0v) is 23.4. The maximum absolute atomic E-state index is 6.53. The van der Waals surface area contributed by atoms with E-state index in [2.05, 4.69) is 103 Å². The van der Waals surface area contributed by atoms with Crippen LogP contribution >= 0.6 is 0 Å². The van der Waals surface area contributed by atoms with Gasteiger partial charge >= 0.3 is 0 Å². The SMILES string of the molecule is COC1(OC)c2ccccc2-c2cccc3cc(-c4ccc5c(c4)C4(OCCO4)c4cccc6cccc-5c46)cc1c23. The average Bonchev–Trinajstić information content (AvgIpc) is 3.55. The molecule has 1 aliphatic heterocycles. The molecule has 3 aliphatic rings. The minimum atomic E-state index is -1.03. The Balaban J connectivity index is 1.32. The molecule has 204 valence electrons. The molecule has 6 aromatic carbocycles. The Labute approximate surface area is 244 Å². The van der Waals surface area contributed by atoms with Gasteiger partial charge < -0.3 is 18.9 Å². The lowest BCUT2D eigenvalue weighted by Crippen LogP contribution is -2.35. The molecule has 0 bridgehead atoms. The second kappa shape index (κ2) is 8.60. The molecule has 1 heterocycles. The van der Waals surface area contributed by atoms with Gasteiger partial charge in [-0.15, -0.1) is 0 Å². The monoisotopic (exact) mass is 548 g/mol. The average molecular weight is 549 g/mol. The van der Waals surface area contributed by atoms with E-state index in [1.807, 2.05) is 6.07 Å². The largest absolute Gasteiger partial charge is 0.346 e. The number of methoxy groups -OCH3 is 2. The molecule has 1 fully saturated rings. The van der Waals surface area contributed by atoms with Crippen LogP contribution in [0.4, 0.5) is 0 Å². The summed E-state index contributed by atoms with van der Waals surface area (Å²) in [6.45, 7) is 1.10. The van der Waals surface area contributed by atoms with Crippen LogP contribution in [0.15, 0.2) is 109 Å². The van der Waals surface area contributed by atoms with E-state index in [0.29, 0.717) is 13.2 Å². The summed E-state index contributed by atoms with van der Waals surface area (Å²) < 4.78 is 25.6. The highest BCUT2D eigenvalue weighted by Gasteiger charge is 2.47. The fourth-order valence-corrected chi connectivity index (χ4v) is 7.69. The van der Waals surface area contributed by atoms with E-state index in [4.69, 9.17) is 18.9 Å². The fraction of sp³-hybridized carbons (Fsp3) is 0.158. The Hall–Kier alpha value is -4.32. The van der Waals surface area contributed by atoms with E-state index in [9.17, 15) is 0 Å². The maximum atomic E-state index is 6.53. The quantitative estimate of drug-likeness (QED) is 0.208. The fourth-order valence-electron chi connectivity index (χ4n) is 7.69. The van der Waals surface area contributed by atoms with E-state index in [-0.39, 0.29) is 0 Å². The minimum Gasteiger partial charge on any atom is -0.346 e. The van der Waals surface area contributed by atoms with Crippen LogP contribution in [0.3, 0.4) is 0 Å². The van der Waals surface area contributed by atoms with Crippen LogP contribution in [0.2, 0.25) is 0 Å². The van der Waals surface area contributed by atoms with Gasteiger partial charge in [0, 0.05) is 36.5 Å². The van der Waals surface area contributed by atoms with Crippen molar-refractivity contribution < 1.29 is 18.9 Å². The Bertz CT molecular complexity index is 2080. The van der Waals surface area contributed by atoms with Crippen LogP contribution in [-0.4, -0.2) is 27.4 Å². The lowest BCUT2D eigenvalue weighted by atomic mass is 9.77. The Morgan fingerprint density at radius 2 is 1.10 bits per heavy atom. The third-order valence-electron chi connectivity index (χ3n) is 9.43. The molecule has 0 atom stereocenters. The van der Waals surface area contributed by atoms with Gasteiger partial charge in [-0.1, -0.05) is 91.0 Å². The minimum absolute atomic E-state index is 0.550. The number of ether oxygens (including phenoxy) is 4. The lowest BCUT2D eigenvalue weighted by molar-refractivity contribution is -0.182. The summed E-state index contributed by atoms with van der Waals surface area (Å²) in [5.74, 6) is -1.96. The highest BCUT2D eigenvalue weighted by atomic mass is 16.7. The molecule has 0 saturated carbocycles. The van der Waals surface area contributed by atoms with Gasteiger partial charge in [-0.05, 0) is 73.1 Å². The summed E-state index contributed by atoms with van der Waals surface area (Å²) in [5, 5.41) is 4.69. The van der Waals surface area contributed by atoms with Crippen molar-refractivity contribution in [3.8, 4) is 33.4 Å². The highest BCUT2D eigenvalue weighted by molar-refractivity contribution is 6.06. The zero-order valence-electron chi connectivity index (χ0n) is 23.4. The maximum Gasteiger partial charge on any atom is 0.223 e. The predicted molar refractivity (Wildman–Crippen MR) is 165 cm³/mol. The molecule has 1 saturated heterocycles. The van der Waals surface area contributed by atoms with Crippen LogP contribution in [0.5, 0.6) is 0 Å². The van der Waals surface area contributed by atoms with Crippen molar-refractivity contribution in [2.75, 3.05) is 27.4 Å². The lowest BCUT2D eigenvalue weighted by Gasteiger charge is -2.38. The number of hydrogen-bond donors (Lipinski definition) is 0. The summed E-state index contributed by atoms with van der Waals surface area (Å²) in [5.41, 5.74) is 11.0. The van der Waals surface area contributed by atoms with Gasteiger partial charge in [0.1, 0.15) is 0 Å². The molecule has 42 heavy (non-hydrogen) atoms. The van der Waals surface area contributed by atoms with Crippen molar-refractivity contribution in [2.45, 2.75) is 11.6 Å². The van der Waals surface area contributed by atoms with Crippen LogP contribution in [-0.2, 0) is 30.5 Å². The molecule has 4 nitrogen and oxygen atoms in total. The van der Waals surface area contributed by atoms with Crippen molar-refractivity contribution >= 4 is 21.5 Å². The number of benzene rings is 6. The van der Waals surface area contributed by atoms with Gasteiger partial charge in [0.2, 0.25) is 11.6 Å². The van der Waals surface area contributed by atoms with Crippen molar-refractivity contribution in [1.29, 1.82) is 0 Å². The molecule has 0 aromatic heterocycles. The van der Waals surface area contributed by atoms with E-state index in [1.54, 1.807) is 14.2 Å². The smallest absolute Gasteiger partial charge is 0.223 e. The molecule has 9 rings (SSSR count). The van der Waals surface area contributed by atoms with E-state index in [1.165, 1.54) is 21.9 Å². The van der Waals surface area contributed by atoms with Crippen molar-refractivity contribution in [2.24, 2.45) is 0 Å². The van der Waals surface area contributed by atoms with Crippen LogP contribution in [0, 0.1) is 0 Å². The van der Waals surface area contributed by atoms with E-state index >= 15 is 0 Å².